The molecule has 0 fully saturated rings. The maximum Gasteiger partial charge on any atom is 0.374 e. The second kappa shape index (κ2) is 4.25. The van der Waals surface area contributed by atoms with Crippen molar-refractivity contribution in [2.75, 3.05) is 6.61 Å². The third-order valence-electron chi connectivity index (χ3n) is 2.24. The number of carbonyl (C=O) groups excluding carboxylic acids is 2. The van der Waals surface area contributed by atoms with Crippen LogP contribution in [0.5, 0.6) is 0 Å². The molecule has 0 radical (unpaired) electrons. The van der Waals surface area contributed by atoms with E-state index in [1.807, 2.05) is 0 Å². The number of aromatic nitrogens is 2. The number of imidazole rings is 1. The van der Waals surface area contributed by atoms with Crippen molar-refractivity contribution in [1.29, 1.82) is 0 Å². The molecule has 0 aliphatic rings. The van der Waals surface area contributed by atoms with Gasteiger partial charge in [-0.2, -0.15) is 0 Å². The van der Waals surface area contributed by atoms with Crippen molar-refractivity contribution in [2.45, 2.75) is 6.92 Å². The number of hydrogen-bond acceptors (Lipinski definition) is 4. The molecule has 17 heavy (non-hydrogen) atoms. The smallest absolute Gasteiger partial charge is 0.374 e. The topological polar surface area (TPSA) is 86.7 Å². The average Bonchev–Trinajstić information content (AvgIpc) is 2.69. The van der Waals surface area contributed by atoms with Crippen molar-refractivity contribution in [3.8, 4) is 0 Å². The number of primary amides is 1. The van der Waals surface area contributed by atoms with E-state index in [1.165, 1.54) is 4.40 Å². The maximum absolute atomic E-state index is 11.6. The first kappa shape index (κ1) is 11.1. The van der Waals surface area contributed by atoms with Gasteiger partial charge in [0, 0.05) is 6.20 Å². The molecule has 0 atom stereocenters. The fraction of sp³-hybridized carbons (Fsp3) is 0.182. The number of nitrogens with zero attached hydrogens (tertiary/aromatic N) is 2. The Kier molecular flexibility index (Phi) is 2.78. The molecule has 1 amide bonds. The molecule has 6 nitrogen and oxygen atoms in total. The SMILES string of the molecule is CCOC(=O)c1nc(C(N)=O)c2ccccn12. The van der Waals surface area contributed by atoms with Crippen molar-refractivity contribution in [3.05, 3.63) is 35.9 Å². The van der Waals surface area contributed by atoms with Crippen LogP contribution in [0.3, 0.4) is 0 Å². The van der Waals surface area contributed by atoms with Crippen molar-refractivity contribution < 1.29 is 14.3 Å². The Morgan fingerprint density at radius 2 is 2.24 bits per heavy atom. The molecular formula is C11H11N3O3. The third kappa shape index (κ3) is 1.84. The predicted molar refractivity (Wildman–Crippen MR) is 59.7 cm³/mol. The molecule has 0 bridgehead atoms. The van der Waals surface area contributed by atoms with Crippen LogP contribution in [0.25, 0.3) is 5.52 Å². The van der Waals surface area contributed by atoms with Gasteiger partial charge in [0.15, 0.2) is 5.69 Å². The minimum atomic E-state index is -0.677. The minimum absolute atomic E-state index is 0.0521. The summed E-state index contributed by atoms with van der Waals surface area (Å²) in [5.74, 6) is -1.21. The molecule has 0 saturated carbocycles. The van der Waals surface area contributed by atoms with Gasteiger partial charge in [0.2, 0.25) is 5.82 Å². The Balaban J connectivity index is 2.64. The monoisotopic (exact) mass is 233 g/mol. The van der Waals surface area contributed by atoms with Crippen LogP contribution in [0, 0.1) is 0 Å². The molecule has 0 aliphatic carbocycles. The fourth-order valence-electron chi connectivity index (χ4n) is 1.56. The fourth-order valence-corrected chi connectivity index (χ4v) is 1.56. The molecule has 0 aliphatic heterocycles. The lowest BCUT2D eigenvalue weighted by atomic mass is 10.3. The summed E-state index contributed by atoms with van der Waals surface area (Å²) in [7, 11) is 0. The van der Waals surface area contributed by atoms with Crippen LogP contribution in [0.2, 0.25) is 0 Å². The molecule has 0 spiro atoms. The Morgan fingerprint density at radius 1 is 1.47 bits per heavy atom. The molecular weight excluding hydrogens is 222 g/mol. The Bertz CT molecular complexity index is 589. The second-order valence-electron chi connectivity index (χ2n) is 3.32. The highest BCUT2D eigenvalue weighted by molar-refractivity contribution is 6.00. The zero-order chi connectivity index (χ0) is 12.4. The number of ether oxygens (including phenoxy) is 1. The van der Waals surface area contributed by atoms with Gasteiger partial charge in [-0.15, -0.1) is 0 Å². The van der Waals surface area contributed by atoms with E-state index in [4.69, 9.17) is 10.5 Å². The summed E-state index contributed by atoms with van der Waals surface area (Å²) in [5, 5.41) is 0. The summed E-state index contributed by atoms with van der Waals surface area (Å²) in [6, 6.07) is 5.12. The summed E-state index contributed by atoms with van der Waals surface area (Å²) in [6.45, 7) is 1.94. The lowest BCUT2D eigenvalue weighted by molar-refractivity contribution is 0.0511. The highest BCUT2D eigenvalue weighted by Crippen LogP contribution is 2.13. The number of nitrogens with two attached hydrogens (primary N) is 1. The number of esters is 1. The Labute approximate surface area is 97.0 Å². The lowest BCUT2D eigenvalue weighted by Gasteiger charge is -1.99. The summed E-state index contributed by atoms with van der Waals surface area (Å²) >= 11 is 0. The van der Waals surface area contributed by atoms with Crippen molar-refractivity contribution in [2.24, 2.45) is 5.73 Å². The molecule has 2 N–H and O–H groups in total. The van der Waals surface area contributed by atoms with E-state index >= 15 is 0 Å². The minimum Gasteiger partial charge on any atom is -0.460 e. The van der Waals surface area contributed by atoms with Crippen LogP contribution < -0.4 is 5.73 Å². The summed E-state index contributed by atoms with van der Waals surface area (Å²) < 4.78 is 6.34. The first-order chi connectivity index (χ1) is 8.15. The van der Waals surface area contributed by atoms with E-state index < -0.39 is 11.9 Å². The van der Waals surface area contributed by atoms with Gasteiger partial charge in [0.05, 0.1) is 12.1 Å². The standard InChI is InChI=1S/C11H11N3O3/c1-2-17-11(16)10-13-8(9(12)15)7-5-3-4-6-14(7)10/h3-6H,2H2,1H3,(H2,12,15). The van der Waals surface area contributed by atoms with E-state index in [9.17, 15) is 9.59 Å². The van der Waals surface area contributed by atoms with E-state index in [-0.39, 0.29) is 18.1 Å². The van der Waals surface area contributed by atoms with Crippen molar-refractivity contribution in [1.82, 2.24) is 9.38 Å². The first-order valence-corrected chi connectivity index (χ1v) is 5.09. The van der Waals surface area contributed by atoms with Crippen LogP contribution >= 0.6 is 0 Å². The van der Waals surface area contributed by atoms with Gasteiger partial charge < -0.3 is 10.5 Å². The van der Waals surface area contributed by atoms with Gasteiger partial charge in [-0.3, -0.25) is 9.20 Å². The Morgan fingerprint density at radius 3 is 2.88 bits per heavy atom. The number of carbonyl (C=O) groups is 2. The molecule has 2 aromatic heterocycles. The van der Waals surface area contributed by atoms with Crippen LogP contribution in [0.4, 0.5) is 0 Å². The summed E-state index contributed by atoms with van der Waals surface area (Å²) in [4.78, 5) is 26.8. The average molecular weight is 233 g/mol. The first-order valence-electron chi connectivity index (χ1n) is 5.09. The van der Waals surface area contributed by atoms with E-state index in [2.05, 4.69) is 4.98 Å². The number of rotatable bonds is 3. The molecule has 2 rings (SSSR count). The van der Waals surface area contributed by atoms with E-state index in [1.54, 1.807) is 31.3 Å². The zero-order valence-corrected chi connectivity index (χ0v) is 9.21. The second-order valence-corrected chi connectivity index (χ2v) is 3.32. The Hall–Kier alpha value is -2.37. The molecule has 2 heterocycles. The van der Waals surface area contributed by atoms with Gasteiger partial charge in [-0.05, 0) is 19.1 Å². The number of amides is 1. The van der Waals surface area contributed by atoms with Crippen LogP contribution in [-0.4, -0.2) is 27.9 Å². The highest BCUT2D eigenvalue weighted by Gasteiger charge is 2.20. The van der Waals surface area contributed by atoms with Crippen LogP contribution in [-0.2, 0) is 4.74 Å². The highest BCUT2D eigenvalue weighted by atomic mass is 16.5. The quantitative estimate of drug-likeness (QED) is 0.787. The predicted octanol–water partition coefficient (Wildman–Crippen LogP) is 0.610. The maximum atomic E-state index is 11.6. The lowest BCUT2D eigenvalue weighted by Crippen LogP contribution is -2.13. The van der Waals surface area contributed by atoms with Gasteiger partial charge in [-0.1, -0.05) is 6.07 Å². The normalized spacial score (nSPS) is 10.4. The third-order valence-corrected chi connectivity index (χ3v) is 2.24. The van der Waals surface area contributed by atoms with E-state index in [0.717, 1.165) is 0 Å². The van der Waals surface area contributed by atoms with Crippen molar-refractivity contribution in [3.63, 3.8) is 0 Å². The molecule has 0 aromatic carbocycles. The largest absolute Gasteiger partial charge is 0.460 e. The summed E-state index contributed by atoms with van der Waals surface area (Å²) in [6.07, 6.45) is 1.63. The molecule has 0 unspecified atom stereocenters. The van der Waals surface area contributed by atoms with Gasteiger partial charge >= 0.3 is 5.97 Å². The van der Waals surface area contributed by atoms with Crippen LogP contribution in [0.1, 0.15) is 28.0 Å². The van der Waals surface area contributed by atoms with Crippen molar-refractivity contribution >= 4 is 17.4 Å². The molecule has 0 saturated heterocycles. The van der Waals surface area contributed by atoms with Gasteiger partial charge in [-0.25, -0.2) is 9.78 Å². The molecule has 2 aromatic rings. The number of hydrogen-bond donors (Lipinski definition) is 1. The van der Waals surface area contributed by atoms with E-state index in [0.29, 0.717) is 5.52 Å². The van der Waals surface area contributed by atoms with Crippen LogP contribution in [0.15, 0.2) is 24.4 Å². The zero-order valence-electron chi connectivity index (χ0n) is 9.21. The molecule has 6 heteroatoms. The number of pyridine rings is 1. The summed E-state index contributed by atoms with van der Waals surface area (Å²) in [5.41, 5.74) is 5.75. The molecule has 88 valence electrons. The van der Waals surface area contributed by atoms with Gasteiger partial charge in [0.1, 0.15) is 0 Å². The van der Waals surface area contributed by atoms with Gasteiger partial charge in [0.25, 0.3) is 5.91 Å². The number of fused-ring (bicyclic) bond motifs is 1.